The van der Waals surface area contributed by atoms with E-state index in [1.807, 2.05) is 62.5 Å². The molecule has 1 amide bonds. The number of anilines is 1. The molecule has 3 rings (SSSR count). The van der Waals surface area contributed by atoms with Crippen molar-refractivity contribution in [2.45, 2.75) is 26.4 Å². The molecule has 0 aliphatic rings. The molecule has 26 heavy (non-hydrogen) atoms. The largest absolute Gasteiger partial charge is 0.467 e. The average molecular weight is 349 g/mol. The highest BCUT2D eigenvalue weighted by atomic mass is 16.3. The molecule has 134 valence electrons. The summed E-state index contributed by atoms with van der Waals surface area (Å²) >= 11 is 0. The lowest BCUT2D eigenvalue weighted by Gasteiger charge is -2.24. The fourth-order valence-corrected chi connectivity index (χ4v) is 2.84. The standard InChI is InChI=1S/C21H23N3O2/c1-15-18(21(25)24(3)16(2)20-10-6-12-26-20)8-4-9-19(15)23-14-17-7-5-11-22-13-17/h4-13,16,23H,14H2,1-3H3/t16-/m0/s1. The SMILES string of the molecule is Cc1c(NCc2cccnc2)cccc1C(=O)N(C)[C@@H](C)c1ccco1. The van der Waals surface area contributed by atoms with Crippen LogP contribution in [0.4, 0.5) is 5.69 Å². The quantitative estimate of drug-likeness (QED) is 0.715. The minimum Gasteiger partial charge on any atom is -0.467 e. The highest BCUT2D eigenvalue weighted by Gasteiger charge is 2.22. The number of carbonyl (C=O) groups excluding carboxylic acids is 1. The Balaban J connectivity index is 1.76. The van der Waals surface area contributed by atoms with Crippen molar-refractivity contribution in [2.75, 3.05) is 12.4 Å². The van der Waals surface area contributed by atoms with Gasteiger partial charge in [-0.2, -0.15) is 0 Å². The van der Waals surface area contributed by atoms with Crippen LogP contribution >= 0.6 is 0 Å². The first-order valence-corrected chi connectivity index (χ1v) is 8.61. The Morgan fingerprint density at radius 2 is 2.08 bits per heavy atom. The van der Waals surface area contributed by atoms with Gasteiger partial charge in [-0.1, -0.05) is 12.1 Å². The lowest BCUT2D eigenvalue weighted by molar-refractivity contribution is 0.0725. The van der Waals surface area contributed by atoms with Crippen molar-refractivity contribution in [3.05, 3.63) is 83.6 Å². The van der Waals surface area contributed by atoms with E-state index in [2.05, 4.69) is 10.3 Å². The third-order valence-electron chi connectivity index (χ3n) is 4.63. The maximum Gasteiger partial charge on any atom is 0.254 e. The zero-order valence-electron chi connectivity index (χ0n) is 15.3. The average Bonchev–Trinajstić information content (AvgIpc) is 3.21. The lowest BCUT2D eigenvalue weighted by atomic mass is 10.0. The van der Waals surface area contributed by atoms with E-state index in [4.69, 9.17) is 4.42 Å². The van der Waals surface area contributed by atoms with Crippen molar-refractivity contribution in [3.63, 3.8) is 0 Å². The van der Waals surface area contributed by atoms with Gasteiger partial charge in [-0.3, -0.25) is 9.78 Å². The summed E-state index contributed by atoms with van der Waals surface area (Å²) in [7, 11) is 1.80. The highest BCUT2D eigenvalue weighted by molar-refractivity contribution is 5.97. The number of amides is 1. The summed E-state index contributed by atoms with van der Waals surface area (Å²) in [5.74, 6) is 0.737. The number of hydrogen-bond donors (Lipinski definition) is 1. The number of hydrogen-bond acceptors (Lipinski definition) is 4. The zero-order chi connectivity index (χ0) is 18.5. The highest BCUT2D eigenvalue weighted by Crippen LogP contribution is 2.25. The third kappa shape index (κ3) is 3.77. The van der Waals surface area contributed by atoms with Crippen LogP contribution in [-0.2, 0) is 6.54 Å². The molecule has 2 heterocycles. The first-order valence-electron chi connectivity index (χ1n) is 8.61. The molecule has 0 saturated heterocycles. The Morgan fingerprint density at radius 3 is 2.77 bits per heavy atom. The van der Waals surface area contributed by atoms with Crippen molar-refractivity contribution in [1.82, 2.24) is 9.88 Å². The van der Waals surface area contributed by atoms with Crippen molar-refractivity contribution in [2.24, 2.45) is 0 Å². The smallest absolute Gasteiger partial charge is 0.254 e. The predicted molar refractivity (Wildman–Crippen MR) is 102 cm³/mol. The third-order valence-corrected chi connectivity index (χ3v) is 4.63. The van der Waals surface area contributed by atoms with Gasteiger partial charge in [0.15, 0.2) is 0 Å². The molecule has 1 aromatic carbocycles. The first-order chi connectivity index (χ1) is 12.6. The van der Waals surface area contributed by atoms with Gasteiger partial charge in [0, 0.05) is 37.2 Å². The van der Waals surface area contributed by atoms with Gasteiger partial charge in [-0.25, -0.2) is 0 Å². The molecule has 0 unspecified atom stereocenters. The van der Waals surface area contributed by atoms with Crippen LogP contribution in [0.5, 0.6) is 0 Å². The van der Waals surface area contributed by atoms with Crippen molar-refractivity contribution >= 4 is 11.6 Å². The van der Waals surface area contributed by atoms with Gasteiger partial charge >= 0.3 is 0 Å². The summed E-state index contributed by atoms with van der Waals surface area (Å²) in [5.41, 5.74) is 3.65. The number of benzene rings is 1. The topological polar surface area (TPSA) is 58.4 Å². The Hall–Kier alpha value is -3.08. The lowest BCUT2D eigenvalue weighted by Crippen LogP contribution is -2.30. The number of carbonyl (C=O) groups is 1. The molecule has 5 nitrogen and oxygen atoms in total. The Morgan fingerprint density at radius 1 is 1.23 bits per heavy atom. The normalized spacial score (nSPS) is 11.8. The van der Waals surface area contributed by atoms with E-state index >= 15 is 0 Å². The van der Waals surface area contributed by atoms with Crippen LogP contribution in [0.25, 0.3) is 0 Å². The second-order valence-electron chi connectivity index (χ2n) is 6.30. The fourth-order valence-electron chi connectivity index (χ4n) is 2.84. The maximum absolute atomic E-state index is 13.0. The van der Waals surface area contributed by atoms with Crippen LogP contribution in [0.1, 0.15) is 40.2 Å². The van der Waals surface area contributed by atoms with Crippen LogP contribution in [-0.4, -0.2) is 22.8 Å². The van der Waals surface area contributed by atoms with E-state index in [1.165, 1.54) is 0 Å². The molecule has 1 N–H and O–H groups in total. The van der Waals surface area contributed by atoms with Crippen molar-refractivity contribution in [1.29, 1.82) is 0 Å². The zero-order valence-corrected chi connectivity index (χ0v) is 15.3. The molecule has 0 aliphatic carbocycles. The van der Waals surface area contributed by atoms with Crippen LogP contribution in [0.15, 0.2) is 65.5 Å². The summed E-state index contributed by atoms with van der Waals surface area (Å²) < 4.78 is 5.43. The van der Waals surface area contributed by atoms with Crippen molar-refractivity contribution in [3.8, 4) is 0 Å². The molecular formula is C21H23N3O2. The second-order valence-corrected chi connectivity index (χ2v) is 6.30. The molecule has 0 bridgehead atoms. The molecule has 0 radical (unpaired) electrons. The van der Waals surface area contributed by atoms with Crippen LogP contribution in [0.2, 0.25) is 0 Å². The molecule has 0 aliphatic heterocycles. The van der Waals surface area contributed by atoms with Gasteiger partial charge in [0.25, 0.3) is 5.91 Å². The fraction of sp³-hybridized carbons (Fsp3) is 0.238. The van der Waals surface area contributed by atoms with Crippen LogP contribution in [0.3, 0.4) is 0 Å². The van der Waals surface area contributed by atoms with E-state index in [9.17, 15) is 4.79 Å². The maximum atomic E-state index is 13.0. The van der Waals surface area contributed by atoms with Gasteiger partial charge < -0.3 is 14.6 Å². The summed E-state index contributed by atoms with van der Waals surface area (Å²) in [5, 5.41) is 3.39. The van der Waals surface area contributed by atoms with E-state index in [-0.39, 0.29) is 11.9 Å². The Bertz CT molecular complexity index is 860. The van der Waals surface area contributed by atoms with Gasteiger partial charge in [0.1, 0.15) is 5.76 Å². The molecule has 1 atom stereocenters. The minimum atomic E-state index is -0.135. The summed E-state index contributed by atoms with van der Waals surface area (Å²) in [6.45, 7) is 4.58. The second kappa shape index (κ2) is 7.87. The predicted octanol–water partition coefficient (Wildman–Crippen LogP) is 4.43. The molecule has 0 spiro atoms. The number of pyridine rings is 1. The van der Waals surface area contributed by atoms with Gasteiger partial charge in [0.2, 0.25) is 0 Å². The van der Waals surface area contributed by atoms with Crippen molar-refractivity contribution < 1.29 is 9.21 Å². The summed E-state index contributed by atoms with van der Waals surface area (Å²) in [4.78, 5) is 18.8. The van der Waals surface area contributed by atoms with Gasteiger partial charge in [-0.15, -0.1) is 0 Å². The minimum absolute atomic E-state index is 0.0311. The van der Waals surface area contributed by atoms with E-state index in [1.54, 1.807) is 24.4 Å². The Labute approximate surface area is 153 Å². The number of furan rings is 1. The molecule has 3 aromatic rings. The van der Waals surface area contributed by atoms with E-state index in [0.717, 1.165) is 22.6 Å². The molecular weight excluding hydrogens is 326 g/mol. The number of nitrogens with one attached hydrogen (secondary N) is 1. The Kier molecular flexibility index (Phi) is 5.37. The number of nitrogens with zero attached hydrogens (tertiary/aromatic N) is 2. The van der Waals surface area contributed by atoms with Crippen LogP contribution in [0, 0.1) is 6.92 Å². The molecule has 2 aromatic heterocycles. The van der Waals surface area contributed by atoms with Gasteiger partial charge in [0.05, 0.1) is 12.3 Å². The summed E-state index contributed by atoms with van der Waals surface area (Å²) in [6.07, 6.45) is 5.21. The van der Waals surface area contributed by atoms with E-state index in [0.29, 0.717) is 12.1 Å². The summed E-state index contributed by atoms with van der Waals surface area (Å²) in [6, 6.07) is 13.3. The number of aromatic nitrogens is 1. The molecule has 0 saturated carbocycles. The number of rotatable bonds is 6. The first kappa shape index (κ1) is 17.7. The monoisotopic (exact) mass is 349 g/mol. The van der Waals surface area contributed by atoms with Crippen LogP contribution < -0.4 is 5.32 Å². The molecule has 0 fully saturated rings. The molecule has 5 heteroatoms. The van der Waals surface area contributed by atoms with Gasteiger partial charge in [-0.05, 0) is 55.3 Å². The van der Waals surface area contributed by atoms with E-state index < -0.39 is 0 Å².